The van der Waals surface area contributed by atoms with Crippen LogP contribution < -0.4 is 15.5 Å². The lowest BCUT2D eigenvalue weighted by Crippen LogP contribution is -2.37. The van der Waals surface area contributed by atoms with Crippen LogP contribution in [0.5, 0.6) is 0 Å². The number of ether oxygens (including phenoxy) is 1. The Bertz CT molecular complexity index is 1730. The molecular formula is C32H31N7O3. The number of rotatable bonds is 8. The number of pyridine rings is 1. The third kappa shape index (κ3) is 5.51. The van der Waals surface area contributed by atoms with Gasteiger partial charge in [-0.15, -0.1) is 0 Å². The van der Waals surface area contributed by atoms with Gasteiger partial charge in [0.05, 0.1) is 17.6 Å². The van der Waals surface area contributed by atoms with Crippen LogP contribution in [0.4, 0.5) is 22.2 Å². The number of nitrogens with zero attached hydrogens (tertiary/aromatic N) is 5. The fourth-order valence-electron chi connectivity index (χ4n) is 4.99. The van der Waals surface area contributed by atoms with Crippen LogP contribution in [0.25, 0.3) is 16.8 Å². The summed E-state index contributed by atoms with van der Waals surface area (Å²) in [7, 11) is 0. The van der Waals surface area contributed by atoms with Crippen LogP contribution >= 0.6 is 0 Å². The second-order valence-electron chi connectivity index (χ2n) is 10.6. The highest BCUT2D eigenvalue weighted by atomic mass is 16.6. The smallest absolute Gasteiger partial charge is 0.415 e. The normalized spacial score (nSPS) is 15.6. The van der Waals surface area contributed by atoms with E-state index >= 15 is 0 Å². The summed E-state index contributed by atoms with van der Waals surface area (Å²) in [4.78, 5) is 39.8. The molecule has 3 aromatic heterocycles. The molecule has 1 fully saturated rings. The van der Waals surface area contributed by atoms with Crippen molar-refractivity contribution in [3.8, 4) is 11.1 Å². The van der Waals surface area contributed by atoms with Crippen molar-refractivity contribution in [2.45, 2.75) is 32.9 Å². The van der Waals surface area contributed by atoms with Crippen molar-refractivity contribution >= 4 is 35.1 Å². The Labute approximate surface area is 243 Å². The average molecular weight is 562 g/mol. The number of aromatic nitrogens is 4. The second-order valence-corrected chi connectivity index (χ2v) is 10.6. The lowest BCUT2D eigenvalue weighted by atomic mass is 10.0. The molecule has 2 amide bonds. The molecule has 0 spiro atoms. The van der Waals surface area contributed by atoms with Gasteiger partial charge in [0.2, 0.25) is 5.95 Å². The maximum atomic E-state index is 12.7. The molecule has 1 aliphatic heterocycles. The fourth-order valence-corrected chi connectivity index (χ4v) is 4.99. The summed E-state index contributed by atoms with van der Waals surface area (Å²) < 4.78 is 7.08. The molecule has 2 atom stereocenters. The SMILES string of the molecule is CC(C)[C@H]1COC(=O)N1c1ccnc(N[C@@H](C)c2ccc(-c3ccc(NC(=O)c4ccc5nccn5c4)cc3)cc2)n1. The van der Waals surface area contributed by atoms with Crippen LogP contribution in [0.2, 0.25) is 0 Å². The largest absolute Gasteiger partial charge is 0.447 e. The number of carbonyl (C=O) groups is 2. The summed E-state index contributed by atoms with van der Waals surface area (Å²) in [5.41, 5.74) is 5.21. The molecular weight excluding hydrogens is 530 g/mol. The molecule has 42 heavy (non-hydrogen) atoms. The van der Waals surface area contributed by atoms with E-state index < -0.39 is 0 Å². The fraction of sp³-hybridized carbons (Fsp3) is 0.219. The molecule has 1 saturated heterocycles. The number of imidazole rings is 1. The van der Waals surface area contributed by atoms with Gasteiger partial charge in [0.15, 0.2) is 0 Å². The van der Waals surface area contributed by atoms with E-state index in [9.17, 15) is 9.59 Å². The quantitative estimate of drug-likeness (QED) is 0.232. The Kier molecular flexibility index (Phi) is 7.26. The molecule has 4 heterocycles. The van der Waals surface area contributed by atoms with E-state index in [1.54, 1.807) is 35.6 Å². The third-order valence-electron chi connectivity index (χ3n) is 7.45. The van der Waals surface area contributed by atoms with Gasteiger partial charge in [-0.3, -0.25) is 9.69 Å². The first kappa shape index (κ1) is 26.9. The molecule has 0 unspecified atom stereocenters. The monoisotopic (exact) mass is 561 g/mol. The van der Waals surface area contributed by atoms with E-state index in [-0.39, 0.29) is 30.0 Å². The van der Waals surface area contributed by atoms with Crippen LogP contribution in [0.1, 0.15) is 42.7 Å². The van der Waals surface area contributed by atoms with Crippen molar-refractivity contribution < 1.29 is 14.3 Å². The molecule has 212 valence electrons. The van der Waals surface area contributed by atoms with Crippen LogP contribution in [0, 0.1) is 5.92 Å². The van der Waals surface area contributed by atoms with Crippen molar-refractivity contribution in [1.29, 1.82) is 0 Å². The van der Waals surface area contributed by atoms with Gasteiger partial charge in [0.25, 0.3) is 5.91 Å². The Morgan fingerprint density at radius 2 is 1.67 bits per heavy atom. The molecule has 2 N–H and O–H groups in total. The van der Waals surface area contributed by atoms with Crippen molar-refractivity contribution in [1.82, 2.24) is 19.4 Å². The topological polar surface area (TPSA) is 114 Å². The van der Waals surface area contributed by atoms with Crippen molar-refractivity contribution in [2.24, 2.45) is 5.92 Å². The highest BCUT2D eigenvalue weighted by Gasteiger charge is 2.37. The van der Waals surface area contributed by atoms with Crippen LogP contribution in [0.15, 0.2) is 91.5 Å². The molecule has 0 radical (unpaired) electrons. The molecule has 5 aromatic rings. The van der Waals surface area contributed by atoms with E-state index in [1.165, 1.54) is 0 Å². The Morgan fingerprint density at radius 3 is 2.40 bits per heavy atom. The average Bonchev–Trinajstić information content (AvgIpc) is 3.64. The molecule has 0 saturated carbocycles. The van der Waals surface area contributed by atoms with Crippen molar-refractivity contribution in [3.63, 3.8) is 0 Å². The molecule has 1 aliphatic rings. The highest BCUT2D eigenvalue weighted by molar-refractivity contribution is 6.04. The number of amides is 2. The van der Waals surface area contributed by atoms with E-state index in [4.69, 9.17) is 4.74 Å². The van der Waals surface area contributed by atoms with E-state index in [0.717, 1.165) is 22.3 Å². The van der Waals surface area contributed by atoms with Gasteiger partial charge in [0, 0.05) is 30.5 Å². The second kappa shape index (κ2) is 11.3. The van der Waals surface area contributed by atoms with Gasteiger partial charge >= 0.3 is 6.09 Å². The van der Waals surface area contributed by atoms with Gasteiger partial charge < -0.3 is 19.8 Å². The maximum absolute atomic E-state index is 12.7. The zero-order chi connectivity index (χ0) is 29.2. The first-order valence-electron chi connectivity index (χ1n) is 13.9. The maximum Gasteiger partial charge on any atom is 0.415 e. The van der Waals surface area contributed by atoms with Crippen LogP contribution in [0.3, 0.4) is 0 Å². The number of benzene rings is 2. The van der Waals surface area contributed by atoms with E-state index in [0.29, 0.717) is 29.6 Å². The minimum Gasteiger partial charge on any atom is -0.447 e. The van der Waals surface area contributed by atoms with Gasteiger partial charge in [-0.05, 0) is 59.9 Å². The van der Waals surface area contributed by atoms with Gasteiger partial charge in [0.1, 0.15) is 18.1 Å². The number of cyclic esters (lactones) is 1. The molecule has 2 aromatic carbocycles. The molecule has 10 heteroatoms. The van der Waals surface area contributed by atoms with Gasteiger partial charge in [-0.25, -0.2) is 14.8 Å². The first-order valence-corrected chi connectivity index (χ1v) is 13.9. The molecule has 0 aliphatic carbocycles. The highest BCUT2D eigenvalue weighted by Crippen LogP contribution is 2.28. The summed E-state index contributed by atoms with van der Waals surface area (Å²) in [6, 6.07) is 21.2. The first-order chi connectivity index (χ1) is 20.4. The number of hydrogen-bond donors (Lipinski definition) is 2. The van der Waals surface area contributed by atoms with Crippen molar-refractivity contribution in [2.75, 3.05) is 22.1 Å². The summed E-state index contributed by atoms with van der Waals surface area (Å²) in [6.45, 7) is 6.51. The number of hydrogen-bond acceptors (Lipinski definition) is 7. The lowest BCUT2D eigenvalue weighted by Gasteiger charge is -2.23. The summed E-state index contributed by atoms with van der Waals surface area (Å²) in [5.74, 6) is 1.02. The number of nitrogens with one attached hydrogen (secondary N) is 2. The Balaban J connectivity index is 1.09. The number of fused-ring (bicyclic) bond motifs is 1. The van der Waals surface area contributed by atoms with E-state index in [2.05, 4.69) is 63.7 Å². The standard InChI is InChI=1S/C32H31N7O3/c1-20(2)27-19-42-32(41)39(27)29-14-15-34-31(37-29)35-21(3)22-4-6-23(7-5-22)24-8-11-26(12-9-24)36-30(40)25-10-13-28-33-16-17-38(28)18-25/h4-18,20-21,27H,19H2,1-3H3,(H,36,40)(H,34,35,37)/t21-,27+/m0/s1. The number of carbonyl (C=O) groups excluding carboxylic acids is 2. The number of anilines is 3. The predicted octanol–water partition coefficient (Wildman–Crippen LogP) is 6.20. The van der Waals surface area contributed by atoms with E-state index in [1.807, 2.05) is 47.9 Å². The summed E-state index contributed by atoms with van der Waals surface area (Å²) in [5, 5.41) is 6.29. The third-order valence-corrected chi connectivity index (χ3v) is 7.45. The zero-order valence-corrected chi connectivity index (χ0v) is 23.6. The Hall–Kier alpha value is -5.25. The lowest BCUT2D eigenvalue weighted by molar-refractivity contribution is 0.102. The molecule has 10 nitrogen and oxygen atoms in total. The zero-order valence-electron chi connectivity index (χ0n) is 23.6. The summed E-state index contributed by atoms with van der Waals surface area (Å²) >= 11 is 0. The minimum absolute atomic E-state index is 0.0617. The molecule has 6 rings (SSSR count). The van der Waals surface area contributed by atoms with Crippen LogP contribution in [-0.4, -0.2) is 44.0 Å². The Morgan fingerprint density at radius 1 is 0.929 bits per heavy atom. The van der Waals surface area contributed by atoms with Crippen LogP contribution in [-0.2, 0) is 4.74 Å². The van der Waals surface area contributed by atoms with Gasteiger partial charge in [-0.2, -0.15) is 4.98 Å². The predicted molar refractivity (Wildman–Crippen MR) is 162 cm³/mol. The molecule has 0 bridgehead atoms. The minimum atomic E-state index is -0.384. The van der Waals surface area contributed by atoms with Crippen molar-refractivity contribution in [3.05, 3.63) is 103 Å². The van der Waals surface area contributed by atoms with Gasteiger partial charge in [-0.1, -0.05) is 50.2 Å². The summed E-state index contributed by atoms with van der Waals surface area (Å²) in [6.07, 6.45) is 6.53.